The van der Waals surface area contributed by atoms with Crippen molar-refractivity contribution in [2.24, 2.45) is 16.7 Å². The first-order valence-corrected chi connectivity index (χ1v) is 7.66. The fourth-order valence-corrected chi connectivity index (χ4v) is 5.31. The lowest BCUT2D eigenvalue weighted by atomic mass is 9.46. The molecule has 0 unspecified atom stereocenters. The lowest BCUT2D eigenvalue weighted by Crippen LogP contribution is -2.54. The van der Waals surface area contributed by atoms with Crippen LogP contribution >= 0.6 is 0 Å². The highest BCUT2D eigenvalue weighted by Crippen LogP contribution is 2.67. The van der Waals surface area contributed by atoms with Crippen LogP contribution in [0.1, 0.15) is 57.8 Å². The van der Waals surface area contributed by atoms with Crippen LogP contribution in [-0.4, -0.2) is 11.9 Å². The van der Waals surface area contributed by atoms with Gasteiger partial charge in [0.25, 0.3) is 0 Å². The zero-order valence-electron chi connectivity index (χ0n) is 11.2. The molecule has 4 rings (SSSR count). The average Bonchev–Trinajstić information content (AvgIpc) is 2.69. The molecule has 0 bridgehead atoms. The predicted octanol–water partition coefficient (Wildman–Crippen LogP) is 3.14. The molecule has 4 aliphatic rings. The van der Waals surface area contributed by atoms with Crippen LogP contribution in [0.3, 0.4) is 0 Å². The second-order valence-corrected chi connectivity index (χ2v) is 6.72. The third kappa shape index (κ3) is 1.20. The molecule has 2 saturated carbocycles. The minimum Gasteiger partial charge on any atom is -0.392 e. The monoisotopic (exact) mass is 260 g/mol. The smallest absolute Gasteiger partial charge is 0.321 e. The Kier molecular flexibility index (Phi) is 2.28. The number of hydrogen-bond donors (Lipinski definition) is 0. The van der Waals surface area contributed by atoms with E-state index in [1.807, 2.05) is 0 Å². The molecule has 1 heterocycles. The summed E-state index contributed by atoms with van der Waals surface area (Å²) in [6.07, 6.45) is 11.4. The summed E-state index contributed by atoms with van der Waals surface area (Å²) >= 11 is 0. The summed E-state index contributed by atoms with van der Waals surface area (Å²) in [5, 5.41) is 0. The average molecular weight is 260 g/mol. The SMILES string of the molecule is O=C1OC(=O)[C@@]23CCCC[C@@]12CC=C1CCCC[C@H]13. The van der Waals surface area contributed by atoms with Crippen molar-refractivity contribution in [1.29, 1.82) is 0 Å². The normalized spacial score (nSPS) is 44.8. The van der Waals surface area contributed by atoms with Crippen LogP contribution in [0.15, 0.2) is 11.6 Å². The van der Waals surface area contributed by atoms with Crippen molar-refractivity contribution >= 4 is 11.9 Å². The maximum absolute atomic E-state index is 12.6. The first kappa shape index (κ1) is 11.7. The highest BCUT2D eigenvalue weighted by molar-refractivity contribution is 6.03. The van der Waals surface area contributed by atoms with E-state index in [4.69, 9.17) is 4.74 Å². The van der Waals surface area contributed by atoms with Crippen LogP contribution in [0.25, 0.3) is 0 Å². The van der Waals surface area contributed by atoms with Gasteiger partial charge >= 0.3 is 11.9 Å². The fraction of sp³-hybridized carbons (Fsp3) is 0.750. The number of rotatable bonds is 0. The van der Waals surface area contributed by atoms with Crippen LogP contribution in [0, 0.1) is 16.7 Å². The summed E-state index contributed by atoms with van der Waals surface area (Å²) in [6.45, 7) is 0. The van der Waals surface area contributed by atoms with E-state index in [-0.39, 0.29) is 17.9 Å². The summed E-state index contributed by atoms with van der Waals surface area (Å²) < 4.78 is 5.17. The Morgan fingerprint density at radius 3 is 2.79 bits per heavy atom. The second kappa shape index (κ2) is 3.71. The van der Waals surface area contributed by atoms with E-state index in [9.17, 15) is 9.59 Å². The Hall–Kier alpha value is -1.12. The van der Waals surface area contributed by atoms with Gasteiger partial charge in [-0.3, -0.25) is 9.59 Å². The number of esters is 2. The van der Waals surface area contributed by atoms with Gasteiger partial charge in [-0.1, -0.05) is 30.9 Å². The highest BCUT2D eigenvalue weighted by atomic mass is 16.6. The number of carbonyl (C=O) groups is 2. The first-order chi connectivity index (χ1) is 9.21. The largest absolute Gasteiger partial charge is 0.392 e. The summed E-state index contributed by atoms with van der Waals surface area (Å²) in [6, 6.07) is 0. The number of hydrogen-bond acceptors (Lipinski definition) is 3. The molecule has 1 aliphatic heterocycles. The summed E-state index contributed by atoms with van der Waals surface area (Å²) in [7, 11) is 0. The molecule has 3 heteroatoms. The summed E-state index contributed by atoms with van der Waals surface area (Å²) in [5.41, 5.74) is 0.441. The molecule has 1 saturated heterocycles. The van der Waals surface area contributed by atoms with Gasteiger partial charge in [-0.2, -0.15) is 0 Å². The van der Waals surface area contributed by atoms with Gasteiger partial charge in [0.05, 0.1) is 10.8 Å². The minimum atomic E-state index is -0.506. The minimum absolute atomic E-state index is 0.199. The summed E-state index contributed by atoms with van der Waals surface area (Å²) in [5.74, 6) is -0.137. The van der Waals surface area contributed by atoms with E-state index in [1.54, 1.807) is 0 Å². The molecule has 0 amide bonds. The molecule has 3 atom stereocenters. The molecular weight excluding hydrogens is 240 g/mol. The van der Waals surface area contributed by atoms with Gasteiger partial charge in [0.15, 0.2) is 0 Å². The van der Waals surface area contributed by atoms with Gasteiger partial charge in [-0.25, -0.2) is 0 Å². The van der Waals surface area contributed by atoms with Gasteiger partial charge < -0.3 is 4.74 Å². The van der Waals surface area contributed by atoms with Crippen molar-refractivity contribution in [3.63, 3.8) is 0 Å². The van der Waals surface area contributed by atoms with Crippen LogP contribution in [0.5, 0.6) is 0 Å². The van der Waals surface area contributed by atoms with Gasteiger partial charge in [0.2, 0.25) is 0 Å². The summed E-state index contributed by atoms with van der Waals surface area (Å²) in [4.78, 5) is 24.9. The number of fused-ring (bicyclic) bond motifs is 1. The van der Waals surface area contributed by atoms with Crippen LogP contribution < -0.4 is 0 Å². The lowest BCUT2D eigenvalue weighted by molar-refractivity contribution is -0.156. The third-order valence-corrected chi connectivity index (χ3v) is 6.18. The molecule has 3 aliphatic carbocycles. The second-order valence-electron chi connectivity index (χ2n) is 6.72. The van der Waals surface area contributed by atoms with Crippen LogP contribution in [0.2, 0.25) is 0 Å². The van der Waals surface area contributed by atoms with E-state index in [0.717, 1.165) is 44.9 Å². The zero-order chi connectivity index (χ0) is 13.1. The zero-order valence-corrected chi connectivity index (χ0v) is 11.2. The molecule has 0 N–H and O–H groups in total. The van der Waals surface area contributed by atoms with Crippen molar-refractivity contribution in [2.75, 3.05) is 0 Å². The Morgan fingerprint density at radius 2 is 1.89 bits per heavy atom. The van der Waals surface area contributed by atoms with Gasteiger partial charge in [-0.05, 0) is 44.4 Å². The van der Waals surface area contributed by atoms with Gasteiger partial charge in [0.1, 0.15) is 0 Å². The predicted molar refractivity (Wildman–Crippen MR) is 69.1 cm³/mol. The first-order valence-electron chi connectivity index (χ1n) is 7.66. The third-order valence-electron chi connectivity index (χ3n) is 6.18. The number of cyclic esters (lactones) is 2. The molecule has 0 spiro atoms. The molecule has 0 radical (unpaired) electrons. The van der Waals surface area contributed by atoms with E-state index >= 15 is 0 Å². The topological polar surface area (TPSA) is 43.4 Å². The Balaban J connectivity index is 1.91. The molecule has 0 aromatic carbocycles. The Morgan fingerprint density at radius 1 is 1.05 bits per heavy atom. The Bertz CT molecular complexity index is 492. The molecule has 3 nitrogen and oxygen atoms in total. The number of ether oxygens (including phenoxy) is 1. The molecule has 3 fully saturated rings. The molecule has 0 aromatic rings. The number of allylic oxidation sites excluding steroid dienone is 2. The van der Waals surface area contributed by atoms with Crippen molar-refractivity contribution in [1.82, 2.24) is 0 Å². The van der Waals surface area contributed by atoms with E-state index in [0.29, 0.717) is 0 Å². The van der Waals surface area contributed by atoms with Crippen molar-refractivity contribution in [3.8, 4) is 0 Å². The standard InChI is InChI=1S/C16H20O3/c17-13-15-8-3-4-9-16(15,14(18)19-13)12-6-2-1-5-11(12)7-10-15/h7,12H,1-6,8-10H2/t12-,15-,16+/m1/s1. The highest BCUT2D eigenvalue weighted by Gasteiger charge is 2.72. The van der Waals surface area contributed by atoms with Crippen molar-refractivity contribution in [3.05, 3.63) is 11.6 Å². The lowest BCUT2D eigenvalue weighted by Gasteiger charge is -2.52. The van der Waals surface area contributed by atoms with E-state index in [2.05, 4.69) is 6.08 Å². The van der Waals surface area contributed by atoms with Crippen LogP contribution in [0.4, 0.5) is 0 Å². The van der Waals surface area contributed by atoms with Crippen molar-refractivity contribution < 1.29 is 14.3 Å². The van der Waals surface area contributed by atoms with Gasteiger partial charge in [-0.15, -0.1) is 0 Å². The number of carbonyl (C=O) groups excluding carboxylic acids is 2. The maximum Gasteiger partial charge on any atom is 0.321 e. The van der Waals surface area contributed by atoms with Gasteiger partial charge in [0, 0.05) is 0 Å². The van der Waals surface area contributed by atoms with Crippen LogP contribution in [-0.2, 0) is 14.3 Å². The van der Waals surface area contributed by atoms with Crippen molar-refractivity contribution in [2.45, 2.75) is 57.8 Å². The Labute approximate surface area is 113 Å². The quantitative estimate of drug-likeness (QED) is 0.382. The molecule has 102 valence electrons. The molecule has 0 aromatic heterocycles. The molecule has 19 heavy (non-hydrogen) atoms. The maximum atomic E-state index is 12.6. The van der Waals surface area contributed by atoms with E-state index < -0.39 is 10.8 Å². The molecular formula is C16H20O3. The fourth-order valence-electron chi connectivity index (χ4n) is 5.31. The van der Waals surface area contributed by atoms with E-state index in [1.165, 1.54) is 18.4 Å².